The quantitative estimate of drug-likeness (QED) is 0.387. The second kappa shape index (κ2) is 7.70. The summed E-state index contributed by atoms with van der Waals surface area (Å²) in [7, 11) is 0. The van der Waals surface area contributed by atoms with E-state index < -0.39 is 0 Å². The van der Waals surface area contributed by atoms with Crippen LogP contribution in [0.3, 0.4) is 0 Å². The first-order valence-corrected chi connectivity index (χ1v) is 7.27. The van der Waals surface area contributed by atoms with Gasteiger partial charge in [0.15, 0.2) is 0 Å². The number of hydrogen-bond donors (Lipinski definition) is 2. The fourth-order valence-electron chi connectivity index (χ4n) is 1.69. The summed E-state index contributed by atoms with van der Waals surface area (Å²) < 4.78 is 5.98. The smallest absolute Gasteiger partial charge is 0.0681 e. The van der Waals surface area contributed by atoms with Crippen molar-refractivity contribution >= 4 is 0 Å². The molecule has 0 aromatic heterocycles. The molecule has 4 heteroatoms. The summed E-state index contributed by atoms with van der Waals surface area (Å²) in [4.78, 5) is 0. The molecule has 0 unspecified atom stereocenters. The Hall–Kier alpha value is -1.00. The summed E-state index contributed by atoms with van der Waals surface area (Å²) in [6.07, 6.45) is 3.38. The molecule has 0 radical (unpaired) electrons. The third-order valence-electron chi connectivity index (χ3n) is 3.70. The van der Waals surface area contributed by atoms with E-state index in [2.05, 4.69) is 27.4 Å². The van der Waals surface area contributed by atoms with Gasteiger partial charge in [0.05, 0.1) is 5.60 Å². The molecular weight excluding hydrogens is 250 g/mol. The van der Waals surface area contributed by atoms with E-state index in [-0.39, 0.29) is 11.0 Å². The number of ether oxygens (including phenoxy) is 1. The van der Waals surface area contributed by atoms with Gasteiger partial charge in [-0.1, -0.05) is 26.0 Å². The van der Waals surface area contributed by atoms with Crippen molar-refractivity contribution < 1.29 is 4.74 Å². The number of allylic oxidation sites excluding steroid dienone is 1. The molecule has 0 aliphatic rings. The van der Waals surface area contributed by atoms with Crippen LogP contribution in [0.1, 0.15) is 54.4 Å². The number of hydrazine groups is 1. The molecule has 4 nitrogen and oxygen atoms in total. The maximum absolute atomic E-state index is 5.99. The second-order valence-electron chi connectivity index (χ2n) is 6.73. The van der Waals surface area contributed by atoms with Gasteiger partial charge in [0.25, 0.3) is 0 Å². The highest BCUT2D eigenvalue weighted by Crippen LogP contribution is 2.29. The molecule has 0 aromatic carbocycles. The van der Waals surface area contributed by atoms with E-state index in [4.69, 9.17) is 16.3 Å². The van der Waals surface area contributed by atoms with Gasteiger partial charge in [-0.2, -0.15) is 0 Å². The lowest BCUT2D eigenvalue weighted by molar-refractivity contribution is -0.0262. The lowest BCUT2D eigenvalue weighted by Gasteiger charge is -2.30. The Morgan fingerprint density at radius 2 is 1.85 bits per heavy atom. The maximum atomic E-state index is 5.99. The summed E-state index contributed by atoms with van der Waals surface area (Å²) >= 11 is 0. The molecule has 0 heterocycles. The van der Waals surface area contributed by atoms with E-state index in [0.717, 1.165) is 18.7 Å². The zero-order valence-corrected chi connectivity index (χ0v) is 14.1. The van der Waals surface area contributed by atoms with E-state index in [1.165, 1.54) is 5.57 Å². The van der Waals surface area contributed by atoms with Crippen molar-refractivity contribution in [3.8, 4) is 0 Å². The normalized spacial score (nSPS) is 13.4. The second-order valence-corrected chi connectivity index (χ2v) is 6.73. The molecule has 0 aliphatic carbocycles. The molecule has 0 bridgehead atoms. The van der Waals surface area contributed by atoms with Crippen molar-refractivity contribution in [3.63, 3.8) is 0 Å². The SMILES string of the molecule is C=C(C)C(C)(C)CCOC(C)(C)C/C(N)=C/N(N)CC. The zero-order valence-electron chi connectivity index (χ0n) is 14.1. The molecule has 20 heavy (non-hydrogen) atoms. The minimum Gasteiger partial charge on any atom is -0.401 e. The minimum absolute atomic E-state index is 0.105. The van der Waals surface area contributed by atoms with Crippen LogP contribution in [-0.2, 0) is 4.74 Å². The first-order valence-electron chi connectivity index (χ1n) is 7.27. The average Bonchev–Trinajstić information content (AvgIpc) is 2.26. The molecule has 118 valence electrons. The van der Waals surface area contributed by atoms with Gasteiger partial charge in [-0.15, -0.1) is 0 Å². The summed E-state index contributed by atoms with van der Waals surface area (Å²) in [5.41, 5.74) is 7.72. The van der Waals surface area contributed by atoms with E-state index >= 15 is 0 Å². The average molecular weight is 283 g/mol. The number of nitrogens with zero attached hydrogens (tertiary/aromatic N) is 1. The fourth-order valence-corrected chi connectivity index (χ4v) is 1.69. The van der Waals surface area contributed by atoms with Gasteiger partial charge >= 0.3 is 0 Å². The van der Waals surface area contributed by atoms with Crippen LogP contribution in [-0.4, -0.2) is 23.8 Å². The first kappa shape index (κ1) is 19.0. The molecule has 0 aliphatic heterocycles. The van der Waals surface area contributed by atoms with Crippen LogP contribution in [0.15, 0.2) is 24.0 Å². The van der Waals surface area contributed by atoms with Gasteiger partial charge in [-0.25, -0.2) is 5.84 Å². The molecule has 0 saturated heterocycles. The van der Waals surface area contributed by atoms with Gasteiger partial charge in [0.2, 0.25) is 0 Å². The van der Waals surface area contributed by atoms with Crippen molar-refractivity contribution in [1.29, 1.82) is 0 Å². The summed E-state index contributed by atoms with van der Waals surface area (Å²) in [5, 5.41) is 1.58. The Kier molecular flexibility index (Phi) is 7.31. The van der Waals surface area contributed by atoms with Gasteiger partial charge in [0.1, 0.15) is 0 Å². The van der Waals surface area contributed by atoms with Crippen LogP contribution in [0.25, 0.3) is 0 Å². The molecular formula is C16H33N3O. The van der Waals surface area contributed by atoms with Crippen LogP contribution in [0, 0.1) is 5.41 Å². The number of hydrogen-bond acceptors (Lipinski definition) is 4. The highest BCUT2D eigenvalue weighted by atomic mass is 16.5. The molecule has 0 saturated carbocycles. The summed E-state index contributed by atoms with van der Waals surface area (Å²) in [5.74, 6) is 5.71. The lowest BCUT2D eigenvalue weighted by atomic mass is 9.83. The van der Waals surface area contributed by atoms with E-state index in [1.807, 2.05) is 20.8 Å². The summed E-state index contributed by atoms with van der Waals surface area (Å²) in [6, 6.07) is 0. The minimum atomic E-state index is -0.291. The van der Waals surface area contributed by atoms with Crippen LogP contribution in [0.5, 0.6) is 0 Å². The standard InChI is InChI=1S/C16H33N3O/c1-8-19(18)12-14(17)11-16(6,7)20-10-9-15(4,5)13(2)3/h12H,2,8-11,17-18H2,1,3-7H3/b14-12-. The van der Waals surface area contributed by atoms with Crippen molar-refractivity contribution in [1.82, 2.24) is 5.01 Å². The van der Waals surface area contributed by atoms with Gasteiger partial charge in [-0.05, 0) is 39.5 Å². The summed E-state index contributed by atoms with van der Waals surface area (Å²) in [6.45, 7) is 18.0. The number of rotatable bonds is 9. The van der Waals surface area contributed by atoms with Crippen LogP contribution in [0.2, 0.25) is 0 Å². The van der Waals surface area contributed by atoms with E-state index in [0.29, 0.717) is 13.0 Å². The Bertz CT molecular complexity index is 346. The van der Waals surface area contributed by atoms with Crippen LogP contribution >= 0.6 is 0 Å². The van der Waals surface area contributed by atoms with Crippen molar-refractivity contribution in [2.24, 2.45) is 17.0 Å². The highest BCUT2D eigenvalue weighted by molar-refractivity contribution is 5.03. The number of nitrogens with two attached hydrogens (primary N) is 2. The molecule has 0 amide bonds. The Balaban J connectivity index is 4.33. The molecule has 0 spiro atoms. The predicted molar refractivity (Wildman–Crippen MR) is 86.7 cm³/mol. The Labute approximate surface area is 124 Å². The molecule has 0 atom stereocenters. The van der Waals surface area contributed by atoms with Gasteiger partial charge in [-0.3, -0.25) is 0 Å². The molecule has 0 fully saturated rings. The van der Waals surface area contributed by atoms with Gasteiger partial charge in [0, 0.05) is 31.5 Å². The first-order chi connectivity index (χ1) is 9.00. The monoisotopic (exact) mass is 283 g/mol. The molecule has 0 rings (SSSR count). The van der Waals surface area contributed by atoms with Crippen molar-refractivity contribution in [2.75, 3.05) is 13.2 Å². The third kappa shape index (κ3) is 7.56. The van der Waals surface area contributed by atoms with Crippen molar-refractivity contribution in [2.45, 2.75) is 60.0 Å². The predicted octanol–water partition coefficient (Wildman–Crippen LogP) is 3.16. The maximum Gasteiger partial charge on any atom is 0.0681 e. The topological polar surface area (TPSA) is 64.5 Å². The van der Waals surface area contributed by atoms with E-state index in [9.17, 15) is 0 Å². The highest BCUT2D eigenvalue weighted by Gasteiger charge is 2.23. The molecule has 0 aromatic rings. The zero-order chi connectivity index (χ0) is 16.0. The largest absolute Gasteiger partial charge is 0.401 e. The lowest BCUT2D eigenvalue weighted by Crippen LogP contribution is -2.31. The fraction of sp³-hybridized carbons (Fsp3) is 0.750. The van der Waals surface area contributed by atoms with Crippen LogP contribution < -0.4 is 11.6 Å². The van der Waals surface area contributed by atoms with E-state index in [1.54, 1.807) is 11.2 Å². The molecule has 4 N–H and O–H groups in total. The van der Waals surface area contributed by atoms with Gasteiger partial charge < -0.3 is 15.5 Å². The van der Waals surface area contributed by atoms with Crippen LogP contribution in [0.4, 0.5) is 0 Å². The Morgan fingerprint density at radius 3 is 2.30 bits per heavy atom. The van der Waals surface area contributed by atoms with Crippen molar-refractivity contribution in [3.05, 3.63) is 24.0 Å². The Morgan fingerprint density at radius 1 is 1.30 bits per heavy atom. The third-order valence-corrected chi connectivity index (χ3v) is 3.70.